The van der Waals surface area contributed by atoms with Gasteiger partial charge in [0.2, 0.25) is 5.91 Å². The number of anilines is 1. The van der Waals surface area contributed by atoms with Crippen LogP contribution in [0.2, 0.25) is 0 Å². The minimum absolute atomic E-state index is 0.375. The van der Waals surface area contributed by atoms with Gasteiger partial charge in [-0.05, 0) is 24.3 Å². The van der Waals surface area contributed by atoms with E-state index in [1.165, 1.54) is 0 Å². The van der Waals surface area contributed by atoms with Crippen LogP contribution < -0.4 is 11.1 Å². The van der Waals surface area contributed by atoms with E-state index in [0.717, 1.165) is 24.3 Å². The Hall–Kier alpha value is -2.88. The molecule has 0 unspecified atom stereocenters. The number of carbonyl (C=O) groups excluding carboxylic acids is 2. The molecule has 1 amide bonds. The maximum absolute atomic E-state index is 13.1. The second-order valence-electron chi connectivity index (χ2n) is 5.38. The van der Waals surface area contributed by atoms with Crippen molar-refractivity contribution in [3.8, 4) is 0 Å². The van der Waals surface area contributed by atoms with Gasteiger partial charge >= 0.3 is 12.4 Å². The molecule has 0 aliphatic rings. The van der Waals surface area contributed by atoms with Crippen molar-refractivity contribution in [2.75, 3.05) is 11.9 Å². The fraction of sp³-hybridized carbons (Fsp3) is 0.176. The largest absolute Gasteiger partial charge is 0.417 e. The third-order valence-corrected chi connectivity index (χ3v) is 3.53. The lowest BCUT2D eigenvalue weighted by Crippen LogP contribution is -2.24. The lowest BCUT2D eigenvalue weighted by molar-refractivity contribution is -0.138. The number of nitrogens with one attached hydrogen (secondary N) is 1. The van der Waals surface area contributed by atoms with Crippen molar-refractivity contribution < 1.29 is 35.9 Å². The average Bonchev–Trinajstić information content (AvgIpc) is 2.59. The van der Waals surface area contributed by atoms with Gasteiger partial charge in [-0.15, -0.1) is 0 Å². The first-order valence-corrected chi connectivity index (χ1v) is 7.37. The first-order chi connectivity index (χ1) is 12.4. The van der Waals surface area contributed by atoms with Gasteiger partial charge in [0.15, 0.2) is 5.78 Å². The molecule has 0 heterocycles. The highest BCUT2D eigenvalue weighted by molar-refractivity contribution is 6.14. The molecule has 10 heteroatoms. The lowest BCUT2D eigenvalue weighted by atomic mass is 9.95. The van der Waals surface area contributed by atoms with Crippen molar-refractivity contribution in [1.29, 1.82) is 0 Å². The molecule has 4 nitrogen and oxygen atoms in total. The molecule has 144 valence electrons. The van der Waals surface area contributed by atoms with Gasteiger partial charge in [0.1, 0.15) is 0 Å². The van der Waals surface area contributed by atoms with E-state index < -0.39 is 52.8 Å². The van der Waals surface area contributed by atoms with E-state index in [4.69, 9.17) is 5.73 Å². The molecule has 2 aromatic carbocycles. The zero-order valence-corrected chi connectivity index (χ0v) is 13.4. The van der Waals surface area contributed by atoms with E-state index >= 15 is 0 Å². The van der Waals surface area contributed by atoms with E-state index in [9.17, 15) is 35.9 Å². The van der Waals surface area contributed by atoms with Crippen LogP contribution in [0.5, 0.6) is 0 Å². The number of amides is 1. The van der Waals surface area contributed by atoms with Crippen molar-refractivity contribution >= 4 is 17.4 Å². The van der Waals surface area contributed by atoms with Gasteiger partial charge in [0.25, 0.3) is 0 Å². The molecule has 0 aliphatic heterocycles. The predicted octanol–water partition coefficient (Wildman–Crippen LogP) is 3.85. The Balaban J connectivity index is 2.65. The normalized spacial score (nSPS) is 12.0. The van der Waals surface area contributed by atoms with Crippen LogP contribution in [-0.2, 0) is 17.1 Å². The SMILES string of the molecule is NCC(=O)Nc1ccc(C(F)(F)F)cc1C(=O)c1ccccc1C(F)(F)F. The van der Waals surface area contributed by atoms with Crippen LogP contribution in [0, 0.1) is 0 Å². The van der Waals surface area contributed by atoms with Gasteiger partial charge < -0.3 is 11.1 Å². The molecule has 27 heavy (non-hydrogen) atoms. The molecule has 0 aromatic heterocycles. The van der Waals surface area contributed by atoms with Gasteiger partial charge in [-0.25, -0.2) is 0 Å². The smallest absolute Gasteiger partial charge is 0.324 e. The zero-order chi connectivity index (χ0) is 20.4. The molecule has 0 atom stereocenters. The third-order valence-electron chi connectivity index (χ3n) is 3.53. The van der Waals surface area contributed by atoms with Crippen molar-refractivity contribution in [3.05, 3.63) is 64.7 Å². The van der Waals surface area contributed by atoms with E-state index in [1.54, 1.807) is 0 Å². The Morgan fingerprint density at radius 2 is 1.52 bits per heavy atom. The number of hydrogen-bond donors (Lipinski definition) is 2. The quantitative estimate of drug-likeness (QED) is 0.615. The van der Waals surface area contributed by atoms with Crippen LogP contribution in [0.25, 0.3) is 0 Å². The third kappa shape index (κ3) is 4.64. The van der Waals surface area contributed by atoms with Crippen LogP contribution in [0.15, 0.2) is 42.5 Å². The molecule has 0 saturated heterocycles. The molecule has 0 fully saturated rings. The van der Waals surface area contributed by atoms with Gasteiger partial charge in [-0.3, -0.25) is 9.59 Å². The highest BCUT2D eigenvalue weighted by atomic mass is 19.4. The van der Waals surface area contributed by atoms with E-state index in [2.05, 4.69) is 5.32 Å². The Morgan fingerprint density at radius 3 is 2.07 bits per heavy atom. The molecular weight excluding hydrogens is 378 g/mol. The molecule has 2 aromatic rings. The fourth-order valence-electron chi connectivity index (χ4n) is 2.29. The second-order valence-corrected chi connectivity index (χ2v) is 5.38. The van der Waals surface area contributed by atoms with Gasteiger partial charge in [-0.2, -0.15) is 26.3 Å². The lowest BCUT2D eigenvalue weighted by Gasteiger charge is -2.16. The summed E-state index contributed by atoms with van der Waals surface area (Å²) in [6, 6.07) is 5.45. The predicted molar refractivity (Wildman–Crippen MR) is 84.0 cm³/mol. The summed E-state index contributed by atoms with van der Waals surface area (Å²) in [6.45, 7) is -0.534. The van der Waals surface area contributed by atoms with Gasteiger partial charge in [0, 0.05) is 11.1 Å². The second kappa shape index (κ2) is 7.39. The maximum atomic E-state index is 13.1. The number of nitrogens with two attached hydrogens (primary N) is 1. The molecule has 0 spiro atoms. The zero-order valence-electron chi connectivity index (χ0n) is 13.4. The van der Waals surface area contributed by atoms with Crippen LogP contribution in [-0.4, -0.2) is 18.2 Å². The minimum atomic E-state index is -4.89. The summed E-state index contributed by atoms with van der Waals surface area (Å²) in [5, 5.41) is 2.11. The first-order valence-electron chi connectivity index (χ1n) is 7.37. The van der Waals surface area contributed by atoms with Crippen molar-refractivity contribution in [1.82, 2.24) is 0 Å². The molecule has 3 N–H and O–H groups in total. The summed E-state index contributed by atoms with van der Waals surface area (Å²) in [4.78, 5) is 24.1. The van der Waals surface area contributed by atoms with Crippen molar-refractivity contribution in [2.45, 2.75) is 12.4 Å². The molecular formula is C17H12F6N2O2. The van der Waals surface area contributed by atoms with Crippen LogP contribution in [0.3, 0.4) is 0 Å². The van der Waals surface area contributed by atoms with Gasteiger partial charge in [-0.1, -0.05) is 18.2 Å². The number of benzene rings is 2. The van der Waals surface area contributed by atoms with Crippen molar-refractivity contribution in [2.24, 2.45) is 5.73 Å². The summed E-state index contributed by atoms with van der Waals surface area (Å²) in [7, 11) is 0. The molecule has 0 aliphatic carbocycles. The number of ketones is 1. The number of rotatable bonds is 4. The van der Waals surface area contributed by atoms with Crippen LogP contribution in [0.4, 0.5) is 32.0 Å². The number of hydrogen-bond acceptors (Lipinski definition) is 3. The van der Waals surface area contributed by atoms with E-state index in [0.29, 0.717) is 18.2 Å². The standard InChI is InChI=1S/C17H12F6N2O2/c18-16(19,20)9-5-6-13(25-14(26)8-24)11(7-9)15(27)10-3-1-2-4-12(10)17(21,22)23/h1-7H,8,24H2,(H,25,26). The summed E-state index contributed by atoms with van der Waals surface area (Å²) < 4.78 is 78.3. The fourth-order valence-corrected chi connectivity index (χ4v) is 2.29. The van der Waals surface area contributed by atoms with E-state index in [1.807, 2.05) is 0 Å². The van der Waals surface area contributed by atoms with Gasteiger partial charge in [0.05, 0.1) is 23.4 Å². The molecule has 0 saturated carbocycles. The number of carbonyl (C=O) groups is 2. The molecule has 0 radical (unpaired) electrons. The Morgan fingerprint density at radius 1 is 0.889 bits per heavy atom. The summed E-state index contributed by atoms with van der Waals surface area (Å²) in [5.41, 5.74) is 0.613. The Kier molecular flexibility index (Phi) is 5.59. The average molecular weight is 390 g/mol. The number of alkyl halides is 6. The highest BCUT2D eigenvalue weighted by Gasteiger charge is 2.36. The molecule has 0 bridgehead atoms. The summed E-state index contributed by atoms with van der Waals surface area (Å²) >= 11 is 0. The highest BCUT2D eigenvalue weighted by Crippen LogP contribution is 2.36. The topological polar surface area (TPSA) is 72.2 Å². The molecule has 2 rings (SSSR count). The van der Waals surface area contributed by atoms with Crippen molar-refractivity contribution in [3.63, 3.8) is 0 Å². The summed E-state index contributed by atoms with van der Waals surface area (Å²) in [6.07, 6.45) is -9.73. The van der Waals surface area contributed by atoms with Crippen LogP contribution >= 0.6 is 0 Å². The monoisotopic (exact) mass is 390 g/mol. The Labute approximate surface area is 149 Å². The maximum Gasteiger partial charge on any atom is 0.417 e. The number of halogens is 6. The van der Waals surface area contributed by atoms with Crippen LogP contribution in [0.1, 0.15) is 27.0 Å². The Bertz CT molecular complexity index is 874. The summed E-state index contributed by atoms with van der Waals surface area (Å²) in [5.74, 6) is -2.14. The minimum Gasteiger partial charge on any atom is -0.324 e. The van der Waals surface area contributed by atoms with E-state index in [-0.39, 0.29) is 5.69 Å². The first kappa shape index (κ1) is 20.4.